The van der Waals surface area contributed by atoms with E-state index in [9.17, 15) is 18.8 Å². The number of nitrogens with two attached hydrogens (primary N) is 1. The number of amides is 3. The van der Waals surface area contributed by atoms with Gasteiger partial charge in [0.25, 0.3) is 5.91 Å². The monoisotopic (exact) mass is 279 g/mol. The molecule has 0 bridgehead atoms. The van der Waals surface area contributed by atoms with Crippen LogP contribution < -0.4 is 11.1 Å². The number of anilines is 1. The van der Waals surface area contributed by atoms with Crippen molar-refractivity contribution in [2.24, 2.45) is 0 Å². The van der Waals surface area contributed by atoms with Gasteiger partial charge in [0.05, 0.1) is 5.56 Å². The number of piperazine rings is 1. The summed E-state index contributed by atoms with van der Waals surface area (Å²) in [7, 11) is 0. The van der Waals surface area contributed by atoms with Crippen molar-refractivity contribution >= 4 is 23.4 Å². The minimum Gasteiger partial charge on any atom is -0.399 e. The molecule has 0 radical (unpaired) electrons. The van der Waals surface area contributed by atoms with E-state index >= 15 is 0 Å². The Balaban J connectivity index is 2.40. The lowest BCUT2D eigenvalue weighted by atomic mass is 10.1. The third kappa shape index (κ3) is 2.34. The Kier molecular flexibility index (Phi) is 3.44. The number of nitrogens with zero attached hydrogens (tertiary/aromatic N) is 1. The first-order chi connectivity index (χ1) is 9.31. The number of halogens is 1. The highest BCUT2D eigenvalue weighted by molar-refractivity contribution is 6.07. The van der Waals surface area contributed by atoms with Gasteiger partial charge in [0.15, 0.2) is 0 Å². The Bertz CT molecular complexity index is 615. The van der Waals surface area contributed by atoms with Crippen LogP contribution in [-0.2, 0) is 9.59 Å². The van der Waals surface area contributed by atoms with Gasteiger partial charge in [-0.1, -0.05) is 0 Å². The van der Waals surface area contributed by atoms with Crippen LogP contribution in [0.25, 0.3) is 0 Å². The number of carbonyl (C=O) groups excluding carboxylic acids is 3. The molecular weight excluding hydrogens is 265 g/mol. The molecule has 1 aliphatic heterocycles. The first-order valence-electron chi connectivity index (χ1n) is 6.01. The quantitative estimate of drug-likeness (QED) is 0.567. The fourth-order valence-corrected chi connectivity index (χ4v) is 2.07. The van der Waals surface area contributed by atoms with Gasteiger partial charge in [-0.15, -0.1) is 0 Å². The molecule has 0 saturated carbocycles. The van der Waals surface area contributed by atoms with E-state index in [4.69, 9.17) is 5.73 Å². The van der Waals surface area contributed by atoms with Crippen LogP contribution in [0, 0.1) is 12.7 Å². The molecule has 1 aliphatic rings. The van der Waals surface area contributed by atoms with E-state index < -0.39 is 29.6 Å². The summed E-state index contributed by atoms with van der Waals surface area (Å²) in [5.41, 5.74) is 5.84. The number of nitrogen functional groups attached to an aromatic ring is 1. The number of benzene rings is 1. The van der Waals surface area contributed by atoms with Crippen molar-refractivity contribution in [1.29, 1.82) is 0 Å². The number of hydrogen-bond acceptors (Lipinski definition) is 4. The van der Waals surface area contributed by atoms with Gasteiger partial charge in [-0.2, -0.15) is 0 Å². The minimum absolute atomic E-state index is 0.230. The van der Waals surface area contributed by atoms with E-state index in [0.29, 0.717) is 0 Å². The molecule has 106 valence electrons. The number of nitrogens with one attached hydrogen (secondary N) is 1. The highest BCUT2D eigenvalue weighted by atomic mass is 19.1. The van der Waals surface area contributed by atoms with E-state index in [2.05, 4.69) is 5.32 Å². The lowest BCUT2D eigenvalue weighted by molar-refractivity contribution is -0.138. The molecule has 3 amide bonds. The van der Waals surface area contributed by atoms with Gasteiger partial charge >= 0.3 is 0 Å². The van der Waals surface area contributed by atoms with Crippen LogP contribution in [0.4, 0.5) is 10.1 Å². The first-order valence-corrected chi connectivity index (χ1v) is 6.01. The Labute approximate surface area is 114 Å². The third-order valence-electron chi connectivity index (χ3n) is 3.19. The summed E-state index contributed by atoms with van der Waals surface area (Å²) in [5.74, 6) is -2.61. The second-order valence-electron chi connectivity index (χ2n) is 4.72. The molecule has 3 N–H and O–H groups in total. The van der Waals surface area contributed by atoms with Crippen LogP contribution in [0.1, 0.15) is 22.8 Å². The van der Waals surface area contributed by atoms with Crippen molar-refractivity contribution in [1.82, 2.24) is 10.2 Å². The van der Waals surface area contributed by atoms with E-state index in [1.807, 2.05) is 0 Å². The Morgan fingerprint density at radius 3 is 2.75 bits per heavy atom. The zero-order valence-electron chi connectivity index (χ0n) is 11.1. The summed E-state index contributed by atoms with van der Waals surface area (Å²) in [6, 6.07) is 1.76. The summed E-state index contributed by atoms with van der Waals surface area (Å²) in [6.07, 6.45) is 0. The van der Waals surface area contributed by atoms with Crippen LogP contribution in [0.15, 0.2) is 12.1 Å². The molecule has 1 saturated heterocycles. The lowest BCUT2D eigenvalue weighted by Gasteiger charge is -2.31. The van der Waals surface area contributed by atoms with Gasteiger partial charge < -0.3 is 10.6 Å². The molecule has 7 heteroatoms. The second-order valence-corrected chi connectivity index (χ2v) is 4.72. The molecule has 0 aromatic heterocycles. The predicted octanol–water partition coefficient (Wildman–Crippen LogP) is 0.203. The molecule has 20 heavy (non-hydrogen) atoms. The summed E-state index contributed by atoms with van der Waals surface area (Å²) >= 11 is 0. The third-order valence-corrected chi connectivity index (χ3v) is 3.19. The topological polar surface area (TPSA) is 92.5 Å². The smallest absolute Gasteiger partial charge is 0.258 e. The minimum atomic E-state index is -0.846. The molecule has 0 aliphatic carbocycles. The predicted molar refractivity (Wildman–Crippen MR) is 69.2 cm³/mol. The lowest BCUT2D eigenvalue weighted by Crippen LogP contribution is -2.58. The highest BCUT2D eigenvalue weighted by Gasteiger charge is 2.35. The average Bonchev–Trinajstić information content (AvgIpc) is 2.37. The maximum atomic E-state index is 14.0. The van der Waals surface area contributed by atoms with Gasteiger partial charge in [0.1, 0.15) is 18.4 Å². The van der Waals surface area contributed by atoms with E-state index in [0.717, 1.165) is 4.90 Å². The van der Waals surface area contributed by atoms with Crippen LogP contribution in [-0.4, -0.2) is 35.2 Å². The SMILES string of the molecule is Cc1cc(N)cc(C(=O)N2CC(=O)NC(=O)C2C)c1F. The highest BCUT2D eigenvalue weighted by Crippen LogP contribution is 2.20. The van der Waals surface area contributed by atoms with Crippen LogP contribution in [0.2, 0.25) is 0 Å². The van der Waals surface area contributed by atoms with E-state index in [1.54, 1.807) is 0 Å². The number of hydrogen-bond donors (Lipinski definition) is 2. The molecule has 1 atom stereocenters. The van der Waals surface area contributed by atoms with Crippen LogP contribution in [0.5, 0.6) is 0 Å². The van der Waals surface area contributed by atoms with Crippen LogP contribution in [0.3, 0.4) is 0 Å². The maximum absolute atomic E-state index is 14.0. The van der Waals surface area contributed by atoms with Gasteiger partial charge in [0.2, 0.25) is 11.8 Å². The molecule has 0 spiro atoms. The van der Waals surface area contributed by atoms with Gasteiger partial charge in [-0.25, -0.2) is 4.39 Å². The Hall–Kier alpha value is -2.44. The zero-order chi connectivity index (χ0) is 15.0. The van der Waals surface area contributed by atoms with E-state index in [1.165, 1.54) is 26.0 Å². The summed E-state index contributed by atoms with van der Waals surface area (Å²) < 4.78 is 14.0. The maximum Gasteiger partial charge on any atom is 0.258 e. The average molecular weight is 279 g/mol. The summed E-state index contributed by atoms with van der Waals surface area (Å²) in [5, 5.41) is 2.11. The van der Waals surface area contributed by atoms with Gasteiger partial charge in [0, 0.05) is 5.69 Å². The van der Waals surface area contributed by atoms with Crippen molar-refractivity contribution < 1.29 is 18.8 Å². The molecule has 1 unspecified atom stereocenters. The molecular formula is C13H14FN3O3. The molecule has 1 aromatic rings. The largest absolute Gasteiger partial charge is 0.399 e. The van der Waals surface area contributed by atoms with Crippen molar-refractivity contribution in [2.75, 3.05) is 12.3 Å². The normalized spacial score (nSPS) is 18.9. The first kappa shape index (κ1) is 14.0. The fourth-order valence-electron chi connectivity index (χ4n) is 2.07. The molecule has 2 rings (SSSR count). The number of rotatable bonds is 1. The fraction of sp³-hybridized carbons (Fsp3) is 0.308. The molecule has 1 aromatic carbocycles. The van der Waals surface area contributed by atoms with E-state index in [-0.39, 0.29) is 23.4 Å². The van der Waals surface area contributed by atoms with Crippen molar-refractivity contribution in [2.45, 2.75) is 19.9 Å². The Morgan fingerprint density at radius 2 is 2.10 bits per heavy atom. The van der Waals surface area contributed by atoms with Gasteiger partial charge in [-0.05, 0) is 31.5 Å². The van der Waals surface area contributed by atoms with Gasteiger partial charge in [-0.3, -0.25) is 19.7 Å². The van der Waals surface area contributed by atoms with Crippen LogP contribution >= 0.6 is 0 Å². The summed E-state index contributed by atoms with van der Waals surface area (Å²) in [4.78, 5) is 36.2. The van der Waals surface area contributed by atoms with Crippen molar-refractivity contribution in [3.8, 4) is 0 Å². The number of aryl methyl sites for hydroxylation is 1. The number of imide groups is 1. The second kappa shape index (κ2) is 4.92. The van der Waals surface area contributed by atoms with Crippen molar-refractivity contribution in [3.05, 3.63) is 29.1 Å². The molecule has 1 heterocycles. The standard InChI is InChI=1S/C13H14FN3O3/c1-6-3-8(15)4-9(11(6)14)13(20)17-5-10(18)16-12(19)7(17)2/h3-4,7H,5,15H2,1-2H3,(H,16,18,19). The zero-order valence-corrected chi connectivity index (χ0v) is 11.1. The molecule has 6 nitrogen and oxygen atoms in total. The number of carbonyl (C=O) groups is 3. The molecule has 1 fully saturated rings. The Morgan fingerprint density at radius 1 is 1.45 bits per heavy atom. The summed E-state index contributed by atoms with van der Waals surface area (Å²) in [6.45, 7) is 2.66. The van der Waals surface area contributed by atoms with Crippen molar-refractivity contribution in [3.63, 3.8) is 0 Å².